The highest BCUT2D eigenvalue weighted by Gasteiger charge is 2.28. The minimum Gasteiger partial charge on any atom is -0.496 e. The molecular weight excluding hydrogens is 376 g/mol. The Balaban J connectivity index is 1.44. The van der Waals surface area contributed by atoms with E-state index in [-0.39, 0.29) is 11.8 Å². The second-order valence-electron chi connectivity index (χ2n) is 8.49. The fourth-order valence-electron chi connectivity index (χ4n) is 4.72. The van der Waals surface area contributed by atoms with E-state index < -0.39 is 0 Å². The number of methoxy groups -OCH3 is 1. The van der Waals surface area contributed by atoms with Gasteiger partial charge in [-0.25, -0.2) is 9.97 Å². The maximum Gasteiger partial charge on any atom is 0.222 e. The van der Waals surface area contributed by atoms with E-state index in [0.29, 0.717) is 19.4 Å². The van der Waals surface area contributed by atoms with Gasteiger partial charge in [0.25, 0.3) is 0 Å². The Labute approximate surface area is 179 Å². The summed E-state index contributed by atoms with van der Waals surface area (Å²) in [7, 11) is 3.79. The van der Waals surface area contributed by atoms with Gasteiger partial charge < -0.3 is 14.5 Å². The molecule has 6 nitrogen and oxygen atoms in total. The van der Waals surface area contributed by atoms with Crippen molar-refractivity contribution in [3.8, 4) is 5.75 Å². The summed E-state index contributed by atoms with van der Waals surface area (Å²) in [6, 6.07) is 7.93. The van der Waals surface area contributed by atoms with Gasteiger partial charge in [-0.3, -0.25) is 4.79 Å². The number of aromatic nitrogens is 2. The van der Waals surface area contributed by atoms with Gasteiger partial charge in [0, 0.05) is 50.3 Å². The van der Waals surface area contributed by atoms with Gasteiger partial charge >= 0.3 is 0 Å². The molecule has 0 bridgehead atoms. The van der Waals surface area contributed by atoms with Crippen LogP contribution in [0.1, 0.15) is 54.2 Å². The molecule has 0 unspecified atom stereocenters. The number of benzene rings is 1. The second kappa shape index (κ2) is 9.02. The Bertz CT molecular complexity index is 914. The fraction of sp³-hybridized carbons (Fsp3) is 0.542. The Morgan fingerprint density at radius 3 is 2.87 bits per heavy atom. The summed E-state index contributed by atoms with van der Waals surface area (Å²) in [6.07, 6.45) is 5.46. The van der Waals surface area contributed by atoms with Crippen molar-refractivity contribution in [1.29, 1.82) is 0 Å². The number of anilines is 1. The normalized spacial score (nSPS) is 18.8. The molecular formula is C24H32N4O2. The lowest BCUT2D eigenvalue weighted by Crippen LogP contribution is -2.40. The minimum atomic E-state index is 0.206. The van der Waals surface area contributed by atoms with Crippen molar-refractivity contribution in [2.24, 2.45) is 0 Å². The van der Waals surface area contributed by atoms with E-state index >= 15 is 0 Å². The molecule has 1 amide bonds. The van der Waals surface area contributed by atoms with E-state index in [1.165, 1.54) is 5.56 Å². The van der Waals surface area contributed by atoms with E-state index in [4.69, 9.17) is 14.7 Å². The summed E-state index contributed by atoms with van der Waals surface area (Å²) in [4.78, 5) is 27.0. The molecule has 0 saturated carbocycles. The maximum absolute atomic E-state index is 12.9. The van der Waals surface area contributed by atoms with E-state index in [2.05, 4.69) is 18.9 Å². The lowest BCUT2D eigenvalue weighted by atomic mass is 9.95. The number of fused-ring (bicyclic) bond motifs is 1. The van der Waals surface area contributed by atoms with Gasteiger partial charge in [0.2, 0.25) is 5.91 Å². The smallest absolute Gasteiger partial charge is 0.222 e. The van der Waals surface area contributed by atoms with Gasteiger partial charge in [-0.1, -0.05) is 18.2 Å². The van der Waals surface area contributed by atoms with Crippen LogP contribution in [0, 0.1) is 6.92 Å². The lowest BCUT2D eigenvalue weighted by molar-refractivity contribution is -0.132. The third-order valence-electron chi connectivity index (χ3n) is 6.43. The molecule has 6 heteroatoms. The number of likely N-dealkylation sites (tertiary alicyclic amines) is 1. The van der Waals surface area contributed by atoms with Crippen LogP contribution < -0.4 is 9.64 Å². The van der Waals surface area contributed by atoms with E-state index in [0.717, 1.165) is 67.4 Å². The van der Waals surface area contributed by atoms with Crippen LogP contribution in [-0.4, -0.2) is 54.6 Å². The molecule has 0 spiro atoms. The quantitative estimate of drug-likeness (QED) is 0.758. The Kier molecular flexibility index (Phi) is 6.21. The van der Waals surface area contributed by atoms with Crippen LogP contribution in [0.2, 0.25) is 0 Å². The number of nitrogens with zero attached hydrogens (tertiary/aromatic N) is 4. The van der Waals surface area contributed by atoms with Crippen LogP contribution >= 0.6 is 0 Å². The lowest BCUT2D eigenvalue weighted by Gasteiger charge is -2.33. The first-order valence-electron chi connectivity index (χ1n) is 11.0. The van der Waals surface area contributed by atoms with Crippen molar-refractivity contribution in [3.63, 3.8) is 0 Å². The van der Waals surface area contributed by atoms with Crippen molar-refractivity contribution < 1.29 is 9.53 Å². The number of carbonyl (C=O) groups excluding carboxylic acids is 1. The molecule has 0 aliphatic carbocycles. The Morgan fingerprint density at radius 2 is 2.03 bits per heavy atom. The number of para-hydroxylation sites is 1. The highest BCUT2D eigenvalue weighted by atomic mass is 16.5. The molecule has 1 atom stereocenters. The van der Waals surface area contributed by atoms with E-state index in [1.54, 1.807) is 7.11 Å². The van der Waals surface area contributed by atoms with Crippen LogP contribution in [0.5, 0.6) is 5.75 Å². The number of amides is 1. The van der Waals surface area contributed by atoms with Crippen molar-refractivity contribution in [3.05, 3.63) is 46.9 Å². The summed E-state index contributed by atoms with van der Waals surface area (Å²) in [5, 5.41) is 0. The van der Waals surface area contributed by atoms with E-state index in [9.17, 15) is 4.79 Å². The van der Waals surface area contributed by atoms with Crippen LogP contribution in [0.25, 0.3) is 0 Å². The molecule has 160 valence electrons. The van der Waals surface area contributed by atoms with Crippen molar-refractivity contribution in [1.82, 2.24) is 14.9 Å². The third kappa shape index (κ3) is 4.27. The van der Waals surface area contributed by atoms with Crippen LogP contribution in [0.3, 0.4) is 0 Å². The van der Waals surface area contributed by atoms with Crippen LogP contribution in [0.15, 0.2) is 24.3 Å². The average molecular weight is 409 g/mol. The number of ether oxygens (including phenoxy) is 1. The van der Waals surface area contributed by atoms with Crippen LogP contribution in [0.4, 0.5) is 5.82 Å². The molecule has 2 aromatic rings. The predicted molar refractivity (Wildman–Crippen MR) is 118 cm³/mol. The summed E-state index contributed by atoms with van der Waals surface area (Å²) < 4.78 is 5.42. The summed E-state index contributed by atoms with van der Waals surface area (Å²) in [5.74, 6) is 3.26. The summed E-state index contributed by atoms with van der Waals surface area (Å²) >= 11 is 0. The van der Waals surface area contributed by atoms with Crippen LogP contribution in [-0.2, 0) is 17.6 Å². The number of rotatable bonds is 5. The first-order chi connectivity index (χ1) is 14.6. The molecule has 1 fully saturated rings. The van der Waals surface area contributed by atoms with Gasteiger partial charge in [-0.15, -0.1) is 0 Å². The molecule has 1 aromatic heterocycles. The molecule has 2 aliphatic rings. The van der Waals surface area contributed by atoms with E-state index in [1.807, 2.05) is 29.2 Å². The number of hydrogen-bond acceptors (Lipinski definition) is 5. The highest BCUT2D eigenvalue weighted by Crippen LogP contribution is 2.31. The summed E-state index contributed by atoms with van der Waals surface area (Å²) in [6.45, 7) is 4.68. The SMILES string of the molecule is COc1ccccc1CCC(=O)N1CCC[C@H](c2nc(C)c3c(n2)N(C)CCC3)C1. The highest BCUT2D eigenvalue weighted by molar-refractivity contribution is 5.76. The summed E-state index contributed by atoms with van der Waals surface area (Å²) in [5.41, 5.74) is 3.47. The minimum absolute atomic E-state index is 0.206. The zero-order valence-electron chi connectivity index (χ0n) is 18.4. The second-order valence-corrected chi connectivity index (χ2v) is 8.49. The molecule has 1 saturated heterocycles. The van der Waals surface area contributed by atoms with Gasteiger partial charge in [-0.2, -0.15) is 0 Å². The largest absolute Gasteiger partial charge is 0.496 e. The number of aryl methyl sites for hydroxylation is 2. The zero-order chi connectivity index (χ0) is 21.1. The monoisotopic (exact) mass is 408 g/mol. The first-order valence-corrected chi connectivity index (χ1v) is 11.0. The van der Waals surface area contributed by atoms with Crippen molar-refractivity contribution in [2.75, 3.05) is 38.7 Å². The molecule has 0 radical (unpaired) electrons. The molecule has 30 heavy (non-hydrogen) atoms. The molecule has 0 N–H and O–H groups in total. The Hall–Kier alpha value is -2.63. The van der Waals surface area contributed by atoms with Gasteiger partial charge in [0.05, 0.1) is 7.11 Å². The average Bonchev–Trinajstić information content (AvgIpc) is 2.78. The maximum atomic E-state index is 12.9. The van der Waals surface area contributed by atoms with Crippen molar-refractivity contribution in [2.45, 2.75) is 51.4 Å². The zero-order valence-corrected chi connectivity index (χ0v) is 18.4. The Morgan fingerprint density at radius 1 is 1.20 bits per heavy atom. The van der Waals surface area contributed by atoms with Crippen molar-refractivity contribution >= 4 is 11.7 Å². The predicted octanol–water partition coefficient (Wildman–Crippen LogP) is 3.51. The topological polar surface area (TPSA) is 58.6 Å². The fourth-order valence-corrected chi connectivity index (χ4v) is 4.72. The standard InChI is InChI=1S/C24H32N4O2/c1-17-20-10-7-14-27(2)24(20)26-23(25-17)19-9-6-15-28(16-19)22(29)13-12-18-8-4-5-11-21(18)30-3/h4-5,8,11,19H,6-7,9-10,12-16H2,1-3H3/t19-/m0/s1. The number of hydrogen-bond donors (Lipinski definition) is 0. The van der Waals surface area contributed by atoms with Gasteiger partial charge in [-0.05, 0) is 50.7 Å². The number of carbonyl (C=O) groups is 1. The first kappa shape index (κ1) is 20.6. The molecule has 3 heterocycles. The molecule has 4 rings (SSSR count). The number of piperidine rings is 1. The van der Waals surface area contributed by atoms with Gasteiger partial charge in [0.1, 0.15) is 17.4 Å². The van der Waals surface area contributed by atoms with Gasteiger partial charge in [0.15, 0.2) is 0 Å². The molecule has 1 aromatic carbocycles. The molecule has 2 aliphatic heterocycles. The third-order valence-corrected chi connectivity index (χ3v) is 6.43.